The molecular formula is C23H25ClN3O3S+. The first kappa shape index (κ1) is 22.1. The smallest absolute Gasteiger partial charge is 0.281 e. The van der Waals surface area contributed by atoms with E-state index < -0.39 is 0 Å². The Bertz CT molecular complexity index is 1030. The predicted octanol–water partition coefficient (Wildman–Crippen LogP) is 3.69. The number of aromatic amines is 1. The van der Waals surface area contributed by atoms with Gasteiger partial charge in [-0.25, -0.2) is 4.98 Å². The summed E-state index contributed by atoms with van der Waals surface area (Å²) in [5.74, 6) is 1.19. The number of carbonyl (C=O) groups excluding carboxylic acids is 1. The highest BCUT2D eigenvalue weighted by molar-refractivity contribution is 7.99. The van der Waals surface area contributed by atoms with Gasteiger partial charge in [0.15, 0.2) is 10.8 Å². The van der Waals surface area contributed by atoms with Crippen LogP contribution in [-0.2, 0) is 22.5 Å². The number of aromatic nitrogens is 1. The molecule has 0 atom stereocenters. The number of hydrogen-bond donors (Lipinski definition) is 0. The first-order chi connectivity index (χ1) is 14.9. The van der Waals surface area contributed by atoms with Crippen LogP contribution < -0.4 is 9.88 Å². The number of ether oxygens (including phenoxy) is 2. The van der Waals surface area contributed by atoms with E-state index in [1.54, 1.807) is 24.3 Å². The normalized spacial score (nSPS) is 17.7. The first-order valence-electron chi connectivity index (χ1n) is 10.3. The van der Waals surface area contributed by atoms with Crippen molar-refractivity contribution < 1.29 is 19.3 Å². The van der Waals surface area contributed by atoms with Crippen molar-refractivity contribution in [2.24, 2.45) is 0 Å². The minimum Gasteiger partial charge on any atom is -0.373 e. The largest absolute Gasteiger partial charge is 0.373 e. The summed E-state index contributed by atoms with van der Waals surface area (Å²) < 4.78 is 11.6. The summed E-state index contributed by atoms with van der Waals surface area (Å²) in [6.45, 7) is 7.39. The molecule has 0 amide bonds. The van der Waals surface area contributed by atoms with E-state index >= 15 is 0 Å². The van der Waals surface area contributed by atoms with Crippen LogP contribution in [0.5, 0.6) is 0 Å². The number of nitrogens with zero attached hydrogens (tertiary/aromatic N) is 2. The number of Topliss-reactive ketones (excluding diaryl/α,β-unsaturated/α-hetero) is 1. The van der Waals surface area contributed by atoms with Crippen LogP contribution in [-0.4, -0.2) is 43.4 Å². The molecule has 3 heterocycles. The summed E-state index contributed by atoms with van der Waals surface area (Å²) in [6, 6.07) is 9.26. The van der Waals surface area contributed by atoms with E-state index in [9.17, 15) is 10.1 Å². The number of benzene rings is 1. The molecule has 1 fully saturated rings. The summed E-state index contributed by atoms with van der Waals surface area (Å²) in [4.78, 5) is 18.4. The van der Waals surface area contributed by atoms with Gasteiger partial charge < -0.3 is 9.47 Å². The molecule has 0 spiro atoms. The number of anilines is 1. The van der Waals surface area contributed by atoms with Crippen molar-refractivity contribution in [3.63, 3.8) is 0 Å². The molecule has 0 unspecified atom stereocenters. The topological polar surface area (TPSA) is 76.7 Å². The molecule has 0 radical (unpaired) electrons. The van der Waals surface area contributed by atoms with Crippen LogP contribution >= 0.6 is 23.4 Å². The average Bonchev–Trinajstić information content (AvgIpc) is 2.77. The van der Waals surface area contributed by atoms with E-state index in [1.807, 2.05) is 13.8 Å². The number of ketones is 1. The van der Waals surface area contributed by atoms with Gasteiger partial charge in [0.25, 0.3) is 5.82 Å². The van der Waals surface area contributed by atoms with Gasteiger partial charge in [-0.05, 0) is 43.7 Å². The lowest BCUT2D eigenvalue weighted by Gasteiger charge is -2.34. The molecule has 1 aromatic carbocycles. The van der Waals surface area contributed by atoms with Gasteiger partial charge in [-0.1, -0.05) is 23.4 Å². The minimum absolute atomic E-state index is 0.00624. The van der Waals surface area contributed by atoms with Gasteiger partial charge in [0.2, 0.25) is 0 Å². The molecule has 0 bridgehead atoms. The van der Waals surface area contributed by atoms with Crippen LogP contribution in [0.15, 0.2) is 29.3 Å². The quantitative estimate of drug-likeness (QED) is 0.502. The fourth-order valence-electron chi connectivity index (χ4n) is 3.91. The number of halogens is 1. The van der Waals surface area contributed by atoms with Crippen LogP contribution in [0.4, 0.5) is 5.82 Å². The van der Waals surface area contributed by atoms with Crippen molar-refractivity contribution in [2.45, 2.75) is 37.5 Å². The molecule has 8 heteroatoms. The van der Waals surface area contributed by atoms with E-state index in [2.05, 4.69) is 16.0 Å². The molecule has 0 aliphatic carbocycles. The lowest BCUT2D eigenvalue weighted by molar-refractivity contribution is -0.415. The standard InChI is InChI=1S/C23H24ClN3O3S/c1-23(2)11-17-18(12-25)22(31-14-20(28)15-3-5-16(24)6-4-15)26-21(19(17)13-30-23)27-7-9-29-10-8-27/h3-6H,7-11,13-14H2,1-2H3/p+1. The summed E-state index contributed by atoms with van der Waals surface area (Å²) in [5, 5.41) is 11.3. The Morgan fingerprint density at radius 3 is 2.65 bits per heavy atom. The Hall–Kier alpha value is -2.11. The van der Waals surface area contributed by atoms with Gasteiger partial charge in [-0.3, -0.25) is 9.69 Å². The number of fused-ring (bicyclic) bond motifs is 1. The number of carbonyl (C=O) groups is 1. The Morgan fingerprint density at radius 1 is 1.26 bits per heavy atom. The first-order valence-corrected chi connectivity index (χ1v) is 11.6. The molecule has 4 rings (SSSR count). The summed E-state index contributed by atoms with van der Waals surface area (Å²) in [6.07, 6.45) is 0.649. The maximum atomic E-state index is 12.7. The van der Waals surface area contributed by atoms with E-state index in [1.165, 1.54) is 11.8 Å². The third-order valence-electron chi connectivity index (χ3n) is 5.57. The Morgan fingerprint density at radius 2 is 1.97 bits per heavy atom. The van der Waals surface area contributed by atoms with Gasteiger partial charge in [0.05, 0.1) is 36.7 Å². The number of hydrogen-bond acceptors (Lipinski definition) is 6. The third kappa shape index (κ3) is 4.88. The number of pyridine rings is 1. The number of rotatable bonds is 5. The lowest BCUT2D eigenvalue weighted by Crippen LogP contribution is -2.43. The van der Waals surface area contributed by atoms with E-state index in [4.69, 9.17) is 21.1 Å². The van der Waals surface area contributed by atoms with E-state index in [0.29, 0.717) is 42.4 Å². The molecule has 2 aromatic rings. The minimum atomic E-state index is -0.344. The second-order valence-electron chi connectivity index (χ2n) is 8.29. The van der Waals surface area contributed by atoms with Gasteiger partial charge in [0.1, 0.15) is 24.7 Å². The zero-order chi connectivity index (χ0) is 22.0. The van der Waals surface area contributed by atoms with Crippen molar-refractivity contribution in [1.29, 1.82) is 5.26 Å². The average molecular weight is 459 g/mol. The molecule has 162 valence electrons. The zero-order valence-electron chi connectivity index (χ0n) is 17.7. The van der Waals surface area contributed by atoms with Crippen molar-refractivity contribution in [1.82, 2.24) is 0 Å². The monoisotopic (exact) mass is 458 g/mol. The SMILES string of the molecule is CC1(C)Cc2c(C#N)c(SCC(=O)c3ccc(Cl)cc3)[nH+]c(N3CCOCC3)c2CO1. The summed E-state index contributed by atoms with van der Waals surface area (Å²) >= 11 is 7.30. The number of thioether (sulfide) groups is 1. The van der Waals surface area contributed by atoms with Crippen LogP contribution in [0.3, 0.4) is 0 Å². The highest BCUT2D eigenvalue weighted by atomic mass is 35.5. The molecule has 6 nitrogen and oxygen atoms in total. The Labute approximate surface area is 191 Å². The van der Waals surface area contributed by atoms with Crippen molar-refractivity contribution in [2.75, 3.05) is 37.0 Å². The lowest BCUT2D eigenvalue weighted by atomic mass is 9.89. The molecule has 2 aliphatic rings. The second-order valence-corrected chi connectivity index (χ2v) is 9.71. The predicted molar refractivity (Wildman–Crippen MR) is 120 cm³/mol. The van der Waals surface area contributed by atoms with Crippen LogP contribution in [0.1, 0.15) is 40.9 Å². The van der Waals surface area contributed by atoms with Crippen LogP contribution in [0, 0.1) is 11.3 Å². The molecule has 1 N–H and O–H groups in total. The zero-order valence-corrected chi connectivity index (χ0v) is 19.2. The van der Waals surface area contributed by atoms with Crippen molar-refractivity contribution >= 4 is 35.0 Å². The Balaban J connectivity index is 1.68. The highest BCUT2D eigenvalue weighted by Gasteiger charge is 2.36. The number of nitrogens with one attached hydrogen (secondary N) is 1. The molecular weight excluding hydrogens is 434 g/mol. The number of H-pyrrole nitrogens is 1. The molecule has 1 aromatic heterocycles. The second kappa shape index (κ2) is 9.17. The maximum Gasteiger partial charge on any atom is 0.281 e. The van der Waals surface area contributed by atoms with Crippen molar-refractivity contribution in [3.05, 3.63) is 51.5 Å². The third-order valence-corrected chi connectivity index (χ3v) is 6.83. The number of nitriles is 1. The van der Waals surface area contributed by atoms with Gasteiger partial charge in [-0.15, -0.1) is 0 Å². The van der Waals surface area contributed by atoms with Gasteiger partial charge in [-0.2, -0.15) is 5.26 Å². The van der Waals surface area contributed by atoms with E-state index in [0.717, 1.165) is 35.1 Å². The molecule has 0 saturated carbocycles. The summed E-state index contributed by atoms with van der Waals surface area (Å²) in [5.41, 5.74) is 2.92. The van der Waals surface area contributed by atoms with Crippen LogP contribution in [0.25, 0.3) is 0 Å². The molecule has 2 aliphatic heterocycles. The Kier molecular flexibility index (Phi) is 6.54. The summed E-state index contributed by atoms with van der Waals surface area (Å²) in [7, 11) is 0. The van der Waals surface area contributed by atoms with Gasteiger partial charge in [0, 0.05) is 17.0 Å². The fourth-order valence-corrected chi connectivity index (χ4v) is 4.96. The van der Waals surface area contributed by atoms with Gasteiger partial charge >= 0.3 is 0 Å². The molecule has 31 heavy (non-hydrogen) atoms. The molecule has 1 saturated heterocycles. The highest BCUT2D eigenvalue weighted by Crippen LogP contribution is 2.36. The maximum absolute atomic E-state index is 12.7. The number of morpholine rings is 1. The van der Waals surface area contributed by atoms with Crippen LogP contribution in [0.2, 0.25) is 5.02 Å². The van der Waals surface area contributed by atoms with Crippen molar-refractivity contribution in [3.8, 4) is 6.07 Å². The van der Waals surface area contributed by atoms with E-state index in [-0.39, 0.29) is 17.1 Å². The fraction of sp³-hybridized carbons (Fsp3) is 0.435.